The van der Waals surface area contributed by atoms with Crippen LogP contribution in [0.5, 0.6) is 0 Å². The highest BCUT2D eigenvalue weighted by atomic mass is 32.2. The van der Waals surface area contributed by atoms with Gasteiger partial charge >= 0.3 is 0 Å². The molecule has 0 atom stereocenters. The van der Waals surface area contributed by atoms with Crippen LogP contribution in [0.4, 0.5) is 20.4 Å². The van der Waals surface area contributed by atoms with Gasteiger partial charge in [-0.15, -0.1) is 0 Å². The molecule has 0 saturated heterocycles. The first-order chi connectivity index (χ1) is 17.8. The maximum Gasteiger partial charge on any atom is 0.220 e. The Bertz CT molecular complexity index is 1360. The van der Waals surface area contributed by atoms with Crippen LogP contribution in [-0.2, 0) is 0 Å². The number of benzene rings is 2. The van der Waals surface area contributed by atoms with Gasteiger partial charge < -0.3 is 15.4 Å². The van der Waals surface area contributed by atoms with Gasteiger partial charge in [0, 0.05) is 34.9 Å². The molecular weight excluding hydrogens is 490 g/mol. The first kappa shape index (κ1) is 26.8. The lowest BCUT2D eigenvalue weighted by molar-refractivity contribution is 0.229. The predicted molar refractivity (Wildman–Crippen MR) is 148 cm³/mol. The van der Waals surface area contributed by atoms with Crippen molar-refractivity contribution in [3.8, 4) is 11.1 Å². The van der Waals surface area contributed by atoms with E-state index in [0.717, 1.165) is 16.5 Å². The lowest BCUT2D eigenvalue weighted by Crippen LogP contribution is -2.29. The molecule has 1 fully saturated rings. The van der Waals surface area contributed by atoms with Gasteiger partial charge in [-0.05, 0) is 87.3 Å². The van der Waals surface area contributed by atoms with E-state index in [0.29, 0.717) is 16.5 Å². The Morgan fingerprint density at radius 1 is 1.00 bits per heavy atom. The topological polar surface area (TPSA) is 80.0 Å². The van der Waals surface area contributed by atoms with Crippen molar-refractivity contribution in [1.29, 1.82) is 0 Å². The summed E-state index contributed by atoms with van der Waals surface area (Å²) in [6.07, 6.45) is 12.1. The van der Waals surface area contributed by atoms with Crippen molar-refractivity contribution in [2.24, 2.45) is 0 Å². The summed E-state index contributed by atoms with van der Waals surface area (Å²) in [6.45, 7) is 1.92. The van der Waals surface area contributed by atoms with Crippen LogP contribution in [-0.4, -0.2) is 40.0 Å². The molecule has 9 heteroatoms. The maximum atomic E-state index is 15.1. The van der Waals surface area contributed by atoms with Crippen molar-refractivity contribution < 1.29 is 8.78 Å². The molecule has 2 aromatic carbocycles. The van der Waals surface area contributed by atoms with Gasteiger partial charge in [0.2, 0.25) is 5.95 Å². The Morgan fingerprint density at radius 3 is 2.49 bits per heavy atom. The van der Waals surface area contributed by atoms with Gasteiger partial charge in [0.25, 0.3) is 0 Å². The van der Waals surface area contributed by atoms with E-state index in [1.54, 1.807) is 30.6 Å². The molecule has 5 rings (SSSR count). The number of hydrogen-bond donors (Lipinski definition) is 2. The third kappa shape index (κ3) is 6.93. The maximum absolute atomic E-state index is 15.1. The normalized spacial score (nSPS) is 13.9. The van der Waals surface area contributed by atoms with Crippen molar-refractivity contribution in [3.63, 3.8) is 0 Å². The molecule has 0 unspecified atom stereocenters. The van der Waals surface area contributed by atoms with E-state index in [1.807, 2.05) is 13.0 Å². The number of aryl methyl sites for hydroxylation is 1. The number of nitrogens with zero attached hydrogens (tertiary/aromatic N) is 4. The summed E-state index contributed by atoms with van der Waals surface area (Å²) < 4.78 is 32.5. The quantitative estimate of drug-likeness (QED) is 0.277. The SMILES string of the molecule is CN(C)C1CCCCC1.Cc1cncc(SNc2ccc(F)c(-c3ccc4nc(N)ncc4c3)c2F)c1. The molecule has 4 aromatic rings. The molecule has 0 aliphatic heterocycles. The van der Waals surface area contributed by atoms with Crippen molar-refractivity contribution in [1.82, 2.24) is 19.9 Å². The molecule has 3 N–H and O–H groups in total. The largest absolute Gasteiger partial charge is 0.368 e. The van der Waals surface area contributed by atoms with Crippen LogP contribution in [0.3, 0.4) is 0 Å². The zero-order valence-corrected chi connectivity index (χ0v) is 22.2. The fourth-order valence-electron chi connectivity index (χ4n) is 4.39. The van der Waals surface area contributed by atoms with Crippen molar-refractivity contribution in [2.45, 2.75) is 50.0 Å². The molecule has 1 aliphatic rings. The van der Waals surface area contributed by atoms with Gasteiger partial charge in [0.1, 0.15) is 5.82 Å². The fourth-order valence-corrected chi connectivity index (χ4v) is 5.14. The number of rotatable bonds is 5. The second kappa shape index (κ2) is 12.3. The first-order valence-corrected chi connectivity index (χ1v) is 13.1. The number of halogens is 2. The molecule has 2 heterocycles. The smallest absolute Gasteiger partial charge is 0.220 e. The molecule has 0 bridgehead atoms. The number of fused-ring (bicyclic) bond motifs is 1. The molecule has 6 nitrogen and oxygen atoms in total. The highest BCUT2D eigenvalue weighted by Crippen LogP contribution is 2.34. The molecule has 0 spiro atoms. The van der Waals surface area contributed by atoms with Gasteiger partial charge in [-0.3, -0.25) is 4.98 Å². The Morgan fingerprint density at radius 2 is 1.78 bits per heavy atom. The molecule has 0 radical (unpaired) electrons. The van der Waals surface area contributed by atoms with Crippen molar-refractivity contribution in [2.75, 3.05) is 24.6 Å². The minimum atomic E-state index is -0.677. The summed E-state index contributed by atoms with van der Waals surface area (Å²) in [5, 5.41) is 0.643. The summed E-state index contributed by atoms with van der Waals surface area (Å²) >= 11 is 1.21. The van der Waals surface area contributed by atoms with Crippen molar-refractivity contribution in [3.05, 3.63) is 72.2 Å². The molecule has 37 heavy (non-hydrogen) atoms. The zero-order valence-electron chi connectivity index (χ0n) is 21.3. The second-order valence-corrected chi connectivity index (χ2v) is 10.3. The van der Waals surface area contributed by atoms with E-state index in [-0.39, 0.29) is 17.2 Å². The number of hydrogen-bond acceptors (Lipinski definition) is 7. The minimum absolute atomic E-state index is 0.119. The highest BCUT2D eigenvalue weighted by Gasteiger charge is 2.17. The van der Waals surface area contributed by atoms with Crippen LogP contribution in [0.1, 0.15) is 37.7 Å². The van der Waals surface area contributed by atoms with Gasteiger partial charge in [-0.25, -0.2) is 18.7 Å². The Hall–Kier alpha value is -3.30. The predicted octanol–water partition coefficient (Wildman–Crippen LogP) is 6.86. The van der Waals surface area contributed by atoms with E-state index in [4.69, 9.17) is 5.73 Å². The Kier molecular flexibility index (Phi) is 8.89. The monoisotopic (exact) mass is 522 g/mol. The number of nitrogens with one attached hydrogen (secondary N) is 1. The van der Waals surface area contributed by atoms with Crippen molar-refractivity contribution >= 4 is 34.5 Å². The number of nitrogens with two attached hydrogens (primary N) is 1. The van der Waals surface area contributed by atoms with E-state index in [2.05, 4.69) is 38.7 Å². The number of pyridine rings is 1. The second-order valence-electron chi connectivity index (χ2n) is 9.44. The zero-order chi connectivity index (χ0) is 26.4. The summed E-state index contributed by atoms with van der Waals surface area (Å²) in [6, 6.07) is 10.3. The van der Waals surface area contributed by atoms with Crippen LogP contribution in [0.25, 0.3) is 22.0 Å². The standard InChI is InChI=1S/C20H15F2N5S.C8H17N/c1-11-6-14(10-24-8-11)28-27-17-5-3-15(21)18(19(17)22)12-2-4-16-13(7-12)9-25-20(23)26-16;1-9(2)8-6-4-3-5-7-8/h2-10,27H,1H3,(H2,23,25,26);8H,3-7H2,1-2H3. The average molecular weight is 523 g/mol. The Labute approximate surface area is 220 Å². The van der Waals surface area contributed by atoms with Gasteiger partial charge in [-0.1, -0.05) is 25.3 Å². The summed E-state index contributed by atoms with van der Waals surface area (Å²) in [5.41, 5.74) is 7.62. The minimum Gasteiger partial charge on any atom is -0.368 e. The molecule has 1 saturated carbocycles. The first-order valence-electron chi connectivity index (χ1n) is 12.3. The van der Waals surface area contributed by atoms with Crippen LogP contribution < -0.4 is 10.5 Å². The number of nitrogen functional groups attached to an aromatic ring is 1. The summed E-state index contributed by atoms with van der Waals surface area (Å²) in [4.78, 5) is 15.3. The molecule has 194 valence electrons. The van der Waals surface area contributed by atoms with E-state index in [1.165, 1.54) is 62.4 Å². The van der Waals surface area contributed by atoms with Crippen LogP contribution in [0, 0.1) is 18.6 Å². The molecule has 1 aliphatic carbocycles. The summed E-state index contributed by atoms with van der Waals surface area (Å²) in [7, 11) is 4.38. The van der Waals surface area contributed by atoms with Gasteiger partial charge in [0.15, 0.2) is 5.82 Å². The third-order valence-electron chi connectivity index (χ3n) is 6.41. The molecular formula is C28H32F2N6S. The lowest BCUT2D eigenvalue weighted by Gasteiger charge is -2.27. The van der Waals surface area contributed by atoms with Crippen LogP contribution >= 0.6 is 11.9 Å². The molecule has 0 amide bonds. The van der Waals surface area contributed by atoms with E-state index < -0.39 is 11.6 Å². The third-order valence-corrected chi connectivity index (χ3v) is 7.19. The van der Waals surface area contributed by atoms with E-state index in [9.17, 15) is 4.39 Å². The highest BCUT2D eigenvalue weighted by molar-refractivity contribution is 8.00. The summed E-state index contributed by atoms with van der Waals surface area (Å²) in [5.74, 6) is -1.18. The van der Waals surface area contributed by atoms with Gasteiger partial charge in [0.05, 0.1) is 16.8 Å². The molecule has 2 aromatic heterocycles. The number of anilines is 2. The van der Waals surface area contributed by atoms with Crippen LogP contribution in [0.15, 0.2) is 59.9 Å². The Balaban J connectivity index is 0.000000301. The number of aromatic nitrogens is 3. The van der Waals surface area contributed by atoms with E-state index >= 15 is 4.39 Å². The van der Waals surface area contributed by atoms with Crippen LogP contribution in [0.2, 0.25) is 0 Å². The van der Waals surface area contributed by atoms with Gasteiger partial charge in [-0.2, -0.15) is 0 Å². The fraction of sp³-hybridized carbons (Fsp3) is 0.321. The average Bonchev–Trinajstić information content (AvgIpc) is 2.89. The lowest BCUT2D eigenvalue weighted by atomic mass is 9.95.